The van der Waals surface area contributed by atoms with Gasteiger partial charge in [0.15, 0.2) is 17.0 Å². The summed E-state index contributed by atoms with van der Waals surface area (Å²) in [7, 11) is 0. The van der Waals surface area contributed by atoms with Gasteiger partial charge in [0.25, 0.3) is 11.5 Å². The number of ether oxygens (including phenoxy) is 1. The van der Waals surface area contributed by atoms with Crippen molar-refractivity contribution in [2.75, 3.05) is 18.9 Å². The van der Waals surface area contributed by atoms with E-state index in [9.17, 15) is 14.7 Å². The zero-order valence-corrected chi connectivity index (χ0v) is 18.9. The molecule has 0 bridgehead atoms. The van der Waals surface area contributed by atoms with Gasteiger partial charge in [-0.2, -0.15) is 4.52 Å². The summed E-state index contributed by atoms with van der Waals surface area (Å²) in [5.74, 6) is -0.630. The Morgan fingerprint density at radius 3 is 2.65 bits per heavy atom. The summed E-state index contributed by atoms with van der Waals surface area (Å²) in [6.45, 7) is 7.68. The molecule has 3 heterocycles. The highest BCUT2D eigenvalue weighted by Crippen LogP contribution is 2.28. The molecule has 1 amide bonds. The lowest BCUT2D eigenvalue weighted by molar-refractivity contribution is 0.0944. The van der Waals surface area contributed by atoms with Gasteiger partial charge in [0, 0.05) is 25.1 Å². The van der Waals surface area contributed by atoms with Crippen LogP contribution in [0.3, 0.4) is 0 Å². The topological polar surface area (TPSA) is 124 Å². The van der Waals surface area contributed by atoms with Gasteiger partial charge in [-0.1, -0.05) is 32.9 Å². The number of hydrogen-bond acceptors (Lipinski definition) is 6. The molecule has 1 atom stereocenters. The molecule has 0 aromatic carbocycles. The normalized spacial score (nSPS) is 19.1. The smallest absolute Gasteiger partial charge is 0.270 e. The van der Waals surface area contributed by atoms with Gasteiger partial charge in [-0.3, -0.25) is 14.2 Å². The maximum absolute atomic E-state index is 13.4. The number of halogens is 1. The van der Waals surface area contributed by atoms with E-state index in [4.69, 9.17) is 10.5 Å². The van der Waals surface area contributed by atoms with E-state index < -0.39 is 17.3 Å². The van der Waals surface area contributed by atoms with E-state index in [1.54, 1.807) is 0 Å². The van der Waals surface area contributed by atoms with Crippen molar-refractivity contribution in [2.24, 2.45) is 11.3 Å². The zero-order chi connectivity index (χ0) is 21.6. The van der Waals surface area contributed by atoms with Gasteiger partial charge in [0.05, 0.1) is 12.2 Å². The van der Waals surface area contributed by atoms with E-state index in [-0.39, 0.29) is 41.2 Å². The molecule has 1 aliphatic heterocycles. The second kappa shape index (κ2) is 8.55. The Balaban J connectivity index is 0.00000272. The molecule has 2 fully saturated rings. The molecule has 4 N–H and O–H groups in total. The van der Waals surface area contributed by atoms with E-state index in [1.165, 1.54) is 9.08 Å². The minimum absolute atomic E-state index is 0. The average molecular weight is 452 g/mol. The van der Waals surface area contributed by atoms with Gasteiger partial charge >= 0.3 is 0 Å². The summed E-state index contributed by atoms with van der Waals surface area (Å²) in [6.07, 6.45) is 6.50. The van der Waals surface area contributed by atoms with Crippen LogP contribution in [0.15, 0.2) is 10.9 Å². The fraction of sp³-hybridized carbons (Fsp3) is 0.571. The van der Waals surface area contributed by atoms with Crippen molar-refractivity contribution in [2.45, 2.75) is 52.6 Å². The van der Waals surface area contributed by atoms with Gasteiger partial charge in [-0.05, 0) is 24.7 Å². The molecule has 1 saturated heterocycles. The minimum Gasteiger partial charge on any atom is -0.492 e. The van der Waals surface area contributed by atoms with E-state index in [0.29, 0.717) is 31.0 Å². The largest absolute Gasteiger partial charge is 0.492 e. The number of amides is 1. The fourth-order valence-corrected chi connectivity index (χ4v) is 3.68. The summed E-state index contributed by atoms with van der Waals surface area (Å²) >= 11 is 0. The van der Waals surface area contributed by atoms with Crippen LogP contribution >= 0.6 is 12.4 Å². The van der Waals surface area contributed by atoms with Crippen LogP contribution in [0.25, 0.3) is 11.7 Å². The fourth-order valence-electron chi connectivity index (χ4n) is 3.68. The lowest BCUT2D eigenvalue weighted by Crippen LogP contribution is -2.37. The highest BCUT2D eigenvalue weighted by Gasteiger charge is 2.31. The molecule has 2 aromatic rings. The van der Waals surface area contributed by atoms with Crippen LogP contribution in [-0.2, 0) is 11.3 Å². The zero-order valence-electron chi connectivity index (χ0n) is 18.1. The molecule has 1 saturated carbocycles. The van der Waals surface area contributed by atoms with Crippen LogP contribution in [0.4, 0.5) is 5.82 Å². The first-order valence-corrected chi connectivity index (χ1v) is 10.4. The highest BCUT2D eigenvalue weighted by molar-refractivity contribution is 5.97. The second-order valence-corrected chi connectivity index (χ2v) is 9.42. The number of aromatic hydroxyl groups is 1. The summed E-state index contributed by atoms with van der Waals surface area (Å²) in [4.78, 5) is 26.1. The van der Waals surface area contributed by atoms with E-state index in [0.717, 1.165) is 19.3 Å². The average Bonchev–Trinajstić information content (AvgIpc) is 3.18. The lowest BCUT2D eigenvalue weighted by Gasteiger charge is -2.22. The summed E-state index contributed by atoms with van der Waals surface area (Å²) in [5.41, 5.74) is 5.98. The molecule has 0 spiro atoms. The van der Waals surface area contributed by atoms with Crippen LogP contribution in [0, 0.1) is 11.3 Å². The first kappa shape index (κ1) is 23.1. The van der Waals surface area contributed by atoms with Gasteiger partial charge in [0.2, 0.25) is 5.88 Å². The number of nitrogens with two attached hydrogens (primary N) is 1. The molecular weight excluding hydrogens is 422 g/mol. The van der Waals surface area contributed by atoms with Crippen molar-refractivity contribution >= 4 is 35.9 Å². The number of carbonyl (C=O) groups is 1. The summed E-state index contributed by atoms with van der Waals surface area (Å²) in [5, 5.41) is 17.8. The predicted octanol–water partition coefficient (Wildman–Crippen LogP) is 2.19. The van der Waals surface area contributed by atoms with Crippen LogP contribution < -0.4 is 16.6 Å². The Labute approximate surface area is 186 Å². The quantitative estimate of drug-likeness (QED) is 0.640. The van der Waals surface area contributed by atoms with Crippen molar-refractivity contribution in [1.29, 1.82) is 0 Å². The summed E-state index contributed by atoms with van der Waals surface area (Å²) in [6, 6.07) is 0.0536. The Hall–Kier alpha value is -2.52. The molecule has 1 unspecified atom stereocenters. The third-order valence-electron chi connectivity index (χ3n) is 5.34. The van der Waals surface area contributed by atoms with Crippen LogP contribution in [0.5, 0.6) is 5.88 Å². The number of anilines is 1. The summed E-state index contributed by atoms with van der Waals surface area (Å²) < 4.78 is 8.11. The third-order valence-corrected chi connectivity index (χ3v) is 5.34. The van der Waals surface area contributed by atoms with Crippen molar-refractivity contribution in [3.05, 3.63) is 27.6 Å². The SMILES string of the molecule is CC(C)(C)Cn1c(=O)c(C(=O)NC2CC2)c(O)n2nc(N)c(/C=C/C3CCOC3)c12.Cl. The Bertz CT molecular complexity index is 1070. The Morgan fingerprint density at radius 2 is 2.06 bits per heavy atom. The van der Waals surface area contributed by atoms with Crippen LogP contribution in [0.2, 0.25) is 0 Å². The minimum atomic E-state index is -0.584. The number of nitrogens with one attached hydrogen (secondary N) is 1. The molecule has 4 rings (SSSR count). The van der Waals surface area contributed by atoms with Crippen molar-refractivity contribution in [3.63, 3.8) is 0 Å². The molecule has 10 heteroatoms. The van der Waals surface area contributed by atoms with E-state index in [1.807, 2.05) is 32.9 Å². The molecule has 170 valence electrons. The first-order chi connectivity index (χ1) is 14.2. The molecule has 1 aliphatic carbocycles. The number of nitrogen functional groups attached to an aromatic ring is 1. The van der Waals surface area contributed by atoms with Crippen molar-refractivity contribution in [1.82, 2.24) is 19.5 Å². The Morgan fingerprint density at radius 1 is 1.35 bits per heavy atom. The molecule has 2 aromatic heterocycles. The number of hydrogen-bond donors (Lipinski definition) is 3. The van der Waals surface area contributed by atoms with Gasteiger partial charge in [-0.25, -0.2) is 0 Å². The van der Waals surface area contributed by atoms with Gasteiger partial charge in [-0.15, -0.1) is 17.5 Å². The highest BCUT2D eigenvalue weighted by atomic mass is 35.5. The van der Waals surface area contributed by atoms with Crippen LogP contribution in [0.1, 0.15) is 56.0 Å². The molecule has 0 radical (unpaired) electrons. The van der Waals surface area contributed by atoms with Gasteiger partial charge < -0.3 is 20.9 Å². The maximum atomic E-state index is 13.4. The molecule has 2 aliphatic rings. The van der Waals surface area contributed by atoms with E-state index >= 15 is 0 Å². The van der Waals surface area contributed by atoms with Crippen molar-refractivity contribution < 1.29 is 14.6 Å². The number of aromatic nitrogens is 3. The van der Waals surface area contributed by atoms with E-state index in [2.05, 4.69) is 10.4 Å². The number of rotatable bonds is 5. The molecule has 9 nitrogen and oxygen atoms in total. The Kier molecular flexibility index (Phi) is 6.38. The number of fused-ring (bicyclic) bond motifs is 1. The second-order valence-electron chi connectivity index (χ2n) is 9.42. The van der Waals surface area contributed by atoms with Gasteiger partial charge in [0.1, 0.15) is 0 Å². The number of nitrogens with zero attached hydrogens (tertiary/aromatic N) is 3. The van der Waals surface area contributed by atoms with Crippen molar-refractivity contribution in [3.8, 4) is 5.88 Å². The standard InChI is InChI=1S/C21H29N5O4.ClH/c1-21(2,3)11-25-18-14(7-4-12-8-9-30-10-12)16(22)24-26(18)20(29)15(19(25)28)17(27)23-13-5-6-13;/h4,7,12-13,29H,5-6,8-11H2,1-3H3,(H2,22,24)(H,23,27);1H/b7-4+;. The number of carbonyl (C=O) groups excluding carboxylic acids is 1. The predicted molar refractivity (Wildman–Crippen MR) is 121 cm³/mol. The molecule has 31 heavy (non-hydrogen) atoms. The molecular formula is C21H30ClN5O4. The monoisotopic (exact) mass is 451 g/mol. The van der Waals surface area contributed by atoms with Crippen LogP contribution in [-0.4, -0.2) is 44.5 Å². The first-order valence-electron chi connectivity index (χ1n) is 10.4. The lowest BCUT2D eigenvalue weighted by atomic mass is 9.96. The maximum Gasteiger partial charge on any atom is 0.270 e. The third kappa shape index (κ3) is 4.72.